The van der Waals surface area contributed by atoms with Gasteiger partial charge in [-0.1, -0.05) is 31.4 Å². The van der Waals surface area contributed by atoms with E-state index >= 15 is 0 Å². The van der Waals surface area contributed by atoms with Gasteiger partial charge in [-0.3, -0.25) is 4.99 Å². The van der Waals surface area contributed by atoms with Gasteiger partial charge in [0.2, 0.25) is 5.96 Å². The number of sulfonamides is 1. The maximum atomic E-state index is 13.2. The Hall–Kier alpha value is -1.56. The summed E-state index contributed by atoms with van der Waals surface area (Å²) in [6.45, 7) is 2.83. The van der Waals surface area contributed by atoms with E-state index in [0.29, 0.717) is 29.9 Å². The van der Waals surface area contributed by atoms with Crippen molar-refractivity contribution in [2.45, 2.75) is 62.2 Å². The zero-order valence-electron chi connectivity index (χ0n) is 15.4. The Morgan fingerprint density at radius 2 is 1.50 bits per heavy atom. The molecule has 0 spiro atoms. The molecular formula is C20H29N3O2S. The summed E-state index contributed by atoms with van der Waals surface area (Å²) < 4.78 is 27.9. The minimum atomic E-state index is -3.52. The molecule has 0 atom stereocenters. The van der Waals surface area contributed by atoms with Gasteiger partial charge in [0.25, 0.3) is 10.0 Å². The smallest absolute Gasteiger partial charge is 0.266 e. The normalized spacial score (nSPS) is 22.5. The van der Waals surface area contributed by atoms with Gasteiger partial charge in [-0.2, -0.15) is 0 Å². The van der Waals surface area contributed by atoms with Gasteiger partial charge in [0.15, 0.2) is 0 Å². The summed E-state index contributed by atoms with van der Waals surface area (Å²) in [5.74, 6) is 1.25. The van der Waals surface area contributed by atoms with Gasteiger partial charge in [-0.15, -0.1) is 0 Å². The summed E-state index contributed by atoms with van der Waals surface area (Å²) in [5.41, 5.74) is 1.29. The van der Waals surface area contributed by atoms with E-state index in [1.54, 1.807) is 12.1 Å². The molecule has 0 radical (unpaired) electrons. The van der Waals surface area contributed by atoms with E-state index in [0.717, 1.165) is 25.9 Å². The van der Waals surface area contributed by atoms with Crippen molar-refractivity contribution in [2.24, 2.45) is 4.99 Å². The zero-order valence-corrected chi connectivity index (χ0v) is 16.3. The molecule has 0 amide bonds. The minimum absolute atomic E-state index is 0.392. The number of nitrogens with zero attached hydrogens (tertiary/aromatic N) is 3. The quantitative estimate of drug-likeness (QED) is 0.811. The first-order chi connectivity index (χ1) is 12.7. The second kappa shape index (κ2) is 7.59. The number of aliphatic imine (C=N–C) groups is 1. The summed E-state index contributed by atoms with van der Waals surface area (Å²) in [4.78, 5) is 7.05. The zero-order chi connectivity index (χ0) is 18.0. The molecule has 1 aromatic rings. The Morgan fingerprint density at radius 1 is 0.846 bits per heavy atom. The number of benzene rings is 1. The number of piperidine rings is 1. The first-order valence-corrected chi connectivity index (χ1v) is 11.5. The Kier molecular flexibility index (Phi) is 5.20. The molecule has 0 bridgehead atoms. The topological polar surface area (TPSA) is 53.0 Å². The van der Waals surface area contributed by atoms with Crippen LogP contribution in [-0.4, -0.2) is 49.8 Å². The van der Waals surface area contributed by atoms with E-state index in [9.17, 15) is 8.42 Å². The van der Waals surface area contributed by atoms with Gasteiger partial charge >= 0.3 is 0 Å². The Morgan fingerprint density at radius 3 is 2.19 bits per heavy atom. The van der Waals surface area contributed by atoms with Crippen LogP contribution in [0.3, 0.4) is 0 Å². The highest BCUT2D eigenvalue weighted by atomic mass is 32.2. The number of rotatable bonds is 3. The first-order valence-electron chi connectivity index (χ1n) is 10.1. The van der Waals surface area contributed by atoms with E-state index in [4.69, 9.17) is 0 Å². The fraction of sp³-hybridized carbons (Fsp3) is 0.650. The molecule has 142 valence electrons. The average molecular weight is 376 g/mol. The third-order valence-electron chi connectivity index (χ3n) is 5.96. The molecule has 1 saturated carbocycles. The number of guanidine groups is 1. The van der Waals surface area contributed by atoms with E-state index in [1.807, 2.05) is 12.1 Å². The third kappa shape index (κ3) is 3.48. The van der Waals surface area contributed by atoms with Crippen molar-refractivity contribution in [3.8, 4) is 0 Å². The highest BCUT2D eigenvalue weighted by Crippen LogP contribution is 2.33. The number of hydrogen-bond acceptors (Lipinski definition) is 4. The summed E-state index contributed by atoms with van der Waals surface area (Å²) >= 11 is 0. The molecule has 2 heterocycles. The van der Waals surface area contributed by atoms with Crippen molar-refractivity contribution in [1.82, 2.24) is 9.21 Å². The molecule has 1 aliphatic carbocycles. The largest absolute Gasteiger partial charge is 0.342 e. The summed E-state index contributed by atoms with van der Waals surface area (Å²) in [7, 11) is -3.52. The first kappa shape index (κ1) is 17.8. The van der Waals surface area contributed by atoms with Crippen molar-refractivity contribution in [3.05, 3.63) is 29.8 Å². The predicted molar refractivity (Wildman–Crippen MR) is 104 cm³/mol. The fourth-order valence-electron chi connectivity index (χ4n) is 4.47. The summed E-state index contributed by atoms with van der Waals surface area (Å²) in [5, 5.41) is 0. The predicted octanol–water partition coefficient (Wildman–Crippen LogP) is 3.58. The Balaban J connectivity index is 1.53. The van der Waals surface area contributed by atoms with Crippen molar-refractivity contribution < 1.29 is 8.42 Å². The minimum Gasteiger partial charge on any atom is -0.342 e. The molecule has 3 aliphatic rings. The molecule has 26 heavy (non-hydrogen) atoms. The molecule has 0 aromatic heterocycles. The molecule has 2 fully saturated rings. The van der Waals surface area contributed by atoms with Crippen LogP contribution in [0.2, 0.25) is 0 Å². The highest BCUT2D eigenvalue weighted by Gasteiger charge is 2.34. The molecule has 4 rings (SSSR count). The lowest BCUT2D eigenvalue weighted by Gasteiger charge is -2.33. The van der Waals surface area contributed by atoms with Gasteiger partial charge in [0.05, 0.1) is 18.0 Å². The van der Waals surface area contributed by atoms with E-state index in [-0.39, 0.29) is 0 Å². The number of hydrogen-bond donors (Lipinski definition) is 0. The average Bonchev–Trinajstić information content (AvgIpc) is 3.20. The molecule has 1 saturated heterocycles. The fourth-order valence-corrected chi connectivity index (χ4v) is 5.92. The van der Waals surface area contributed by atoms with E-state index in [1.165, 1.54) is 48.4 Å². The van der Waals surface area contributed by atoms with Crippen LogP contribution in [0.4, 0.5) is 0 Å². The van der Waals surface area contributed by atoms with Crippen LogP contribution in [-0.2, 0) is 10.0 Å². The third-order valence-corrected chi connectivity index (χ3v) is 7.76. The Bertz CT molecular complexity index is 746. The molecule has 0 unspecified atom stereocenters. The van der Waals surface area contributed by atoms with Crippen LogP contribution in [0.1, 0.15) is 62.8 Å². The van der Waals surface area contributed by atoms with Crippen LogP contribution >= 0.6 is 0 Å². The summed E-state index contributed by atoms with van der Waals surface area (Å²) in [6.07, 6.45) is 9.80. The van der Waals surface area contributed by atoms with Crippen LogP contribution in [0, 0.1) is 0 Å². The monoisotopic (exact) mass is 375 g/mol. The molecule has 6 heteroatoms. The lowest BCUT2D eigenvalue weighted by molar-refractivity contribution is 0.321. The van der Waals surface area contributed by atoms with Crippen LogP contribution in [0.25, 0.3) is 0 Å². The lowest BCUT2D eigenvalue weighted by Crippen LogP contribution is -2.46. The molecular weight excluding hydrogens is 346 g/mol. The molecule has 1 aromatic carbocycles. The van der Waals surface area contributed by atoms with Crippen molar-refractivity contribution in [2.75, 3.05) is 26.2 Å². The van der Waals surface area contributed by atoms with Crippen LogP contribution in [0.15, 0.2) is 34.2 Å². The van der Waals surface area contributed by atoms with Crippen molar-refractivity contribution >= 4 is 16.0 Å². The molecule has 0 N–H and O–H groups in total. The van der Waals surface area contributed by atoms with Gasteiger partial charge in [-0.05, 0) is 55.7 Å². The maximum absolute atomic E-state index is 13.2. The van der Waals surface area contributed by atoms with Gasteiger partial charge in [0, 0.05) is 13.1 Å². The Labute approximate surface area is 157 Å². The number of likely N-dealkylation sites (tertiary alicyclic amines) is 1. The van der Waals surface area contributed by atoms with Gasteiger partial charge < -0.3 is 4.90 Å². The second-order valence-corrected chi connectivity index (χ2v) is 9.57. The van der Waals surface area contributed by atoms with Gasteiger partial charge in [-0.25, -0.2) is 12.7 Å². The van der Waals surface area contributed by atoms with E-state index < -0.39 is 10.0 Å². The summed E-state index contributed by atoms with van der Waals surface area (Å²) in [6, 6.07) is 7.64. The van der Waals surface area contributed by atoms with Crippen molar-refractivity contribution in [1.29, 1.82) is 0 Å². The molecule has 5 nitrogen and oxygen atoms in total. The molecule has 2 aliphatic heterocycles. The standard InChI is InChI=1S/C20H29N3O2S/c24-26(25,23-16-13-21-20(23)22-14-5-2-6-15-22)19-11-9-18(10-12-19)17-7-3-1-4-8-17/h9-12,17H,1-8,13-16H2. The van der Waals surface area contributed by atoms with Crippen LogP contribution < -0.4 is 0 Å². The highest BCUT2D eigenvalue weighted by molar-refractivity contribution is 7.89. The SMILES string of the molecule is O=S(=O)(c1ccc(C2CCCCC2)cc1)N1CCN=C1N1CCCCC1. The van der Waals surface area contributed by atoms with Crippen LogP contribution in [0.5, 0.6) is 0 Å². The second-order valence-electron chi connectivity index (χ2n) is 7.71. The lowest BCUT2D eigenvalue weighted by atomic mass is 9.84. The maximum Gasteiger partial charge on any atom is 0.266 e. The van der Waals surface area contributed by atoms with E-state index in [2.05, 4.69) is 9.89 Å². The van der Waals surface area contributed by atoms with Gasteiger partial charge in [0.1, 0.15) is 0 Å². The van der Waals surface area contributed by atoms with Crippen molar-refractivity contribution in [3.63, 3.8) is 0 Å².